The number of anilines is 1. The van der Waals surface area contributed by atoms with Crippen molar-refractivity contribution in [1.29, 1.82) is 0 Å². The summed E-state index contributed by atoms with van der Waals surface area (Å²) in [7, 11) is 0. The van der Waals surface area contributed by atoms with Crippen LogP contribution < -0.4 is 11.5 Å². The van der Waals surface area contributed by atoms with Crippen molar-refractivity contribution in [3.63, 3.8) is 0 Å². The average molecular weight is 238 g/mol. The quantitative estimate of drug-likeness (QED) is 0.736. The van der Waals surface area contributed by atoms with E-state index in [1.807, 2.05) is 13.8 Å². The van der Waals surface area contributed by atoms with Crippen molar-refractivity contribution in [1.82, 2.24) is 0 Å². The first-order valence-corrected chi connectivity index (χ1v) is 5.94. The van der Waals surface area contributed by atoms with Crippen molar-refractivity contribution < 1.29 is 9.53 Å². The van der Waals surface area contributed by atoms with Crippen LogP contribution in [-0.4, -0.2) is 19.1 Å². The highest BCUT2D eigenvalue weighted by molar-refractivity contribution is 5.97. The lowest BCUT2D eigenvalue weighted by Gasteiger charge is -1.97. The molecule has 0 aromatic heterocycles. The summed E-state index contributed by atoms with van der Waals surface area (Å²) < 4.78 is 4.94. The molecule has 4 nitrogen and oxygen atoms in total. The maximum Gasteiger partial charge on any atom is 0.250 e. The molecule has 0 atom stereocenters. The van der Waals surface area contributed by atoms with Crippen LogP contribution in [0.1, 0.15) is 37.0 Å². The number of carbonyl (C=O) groups excluding carboxylic acids is 1. The highest BCUT2D eigenvalue weighted by Gasteiger charge is 2.01. The first-order valence-electron chi connectivity index (χ1n) is 5.94. The summed E-state index contributed by atoms with van der Waals surface area (Å²) in [4.78, 5) is 10.6. The number of primary amides is 1. The molecule has 0 bridgehead atoms. The predicted octanol–water partition coefficient (Wildman–Crippen LogP) is 2.19. The van der Waals surface area contributed by atoms with Crippen LogP contribution in [0.5, 0.6) is 0 Å². The molecule has 96 valence electrons. The van der Waals surface area contributed by atoms with Crippen molar-refractivity contribution in [2.24, 2.45) is 5.73 Å². The number of hydrogen-bond acceptors (Lipinski definition) is 3. The standard InChI is InChI=1S/C7H8N2O.C4H8O.C2H6/c8-6-4-2-1-3-5(6)7(9)10;1-2-4-5-3-1;1-2/h1-4H,8H2,(H2,9,10);1-4H2;1-2H3. The Morgan fingerprint density at radius 3 is 2.00 bits per heavy atom. The number of nitrogens with two attached hydrogens (primary N) is 2. The summed E-state index contributed by atoms with van der Waals surface area (Å²) in [6, 6.07) is 6.70. The molecule has 4 N–H and O–H groups in total. The molecule has 0 aliphatic carbocycles. The van der Waals surface area contributed by atoms with Gasteiger partial charge in [0.1, 0.15) is 0 Å². The van der Waals surface area contributed by atoms with Gasteiger partial charge in [-0.2, -0.15) is 0 Å². The zero-order chi connectivity index (χ0) is 13.1. The molecule has 4 heteroatoms. The van der Waals surface area contributed by atoms with E-state index in [1.54, 1.807) is 24.3 Å². The van der Waals surface area contributed by atoms with Gasteiger partial charge in [0, 0.05) is 18.9 Å². The van der Waals surface area contributed by atoms with Crippen molar-refractivity contribution in [2.45, 2.75) is 26.7 Å². The van der Waals surface area contributed by atoms with Crippen LogP contribution in [0.4, 0.5) is 5.69 Å². The van der Waals surface area contributed by atoms with E-state index < -0.39 is 5.91 Å². The highest BCUT2D eigenvalue weighted by Crippen LogP contribution is 2.08. The van der Waals surface area contributed by atoms with E-state index in [0.29, 0.717) is 11.3 Å². The van der Waals surface area contributed by atoms with E-state index in [0.717, 1.165) is 13.2 Å². The monoisotopic (exact) mass is 238 g/mol. The Morgan fingerprint density at radius 2 is 1.71 bits per heavy atom. The molecule has 1 heterocycles. The molecule has 1 amide bonds. The highest BCUT2D eigenvalue weighted by atomic mass is 16.5. The van der Waals surface area contributed by atoms with Gasteiger partial charge in [-0.25, -0.2) is 0 Å². The van der Waals surface area contributed by atoms with Crippen LogP contribution >= 0.6 is 0 Å². The molecule has 1 aliphatic heterocycles. The Bertz CT molecular complexity index is 315. The molecule has 1 fully saturated rings. The molecule has 1 aromatic rings. The van der Waals surface area contributed by atoms with Gasteiger partial charge in [0.15, 0.2) is 0 Å². The number of amides is 1. The Morgan fingerprint density at radius 1 is 1.18 bits per heavy atom. The van der Waals surface area contributed by atoms with E-state index in [4.69, 9.17) is 16.2 Å². The van der Waals surface area contributed by atoms with Crippen molar-refractivity contribution in [3.8, 4) is 0 Å². The number of carbonyl (C=O) groups is 1. The molecule has 0 spiro atoms. The molecule has 2 rings (SSSR count). The van der Waals surface area contributed by atoms with E-state index in [1.165, 1.54) is 12.8 Å². The SMILES string of the molecule is C1CCOC1.CC.NC(=O)c1ccccc1N. The molecule has 1 aromatic carbocycles. The summed E-state index contributed by atoms with van der Waals surface area (Å²) in [5, 5.41) is 0. The maximum atomic E-state index is 10.6. The molecule has 0 radical (unpaired) electrons. The van der Waals surface area contributed by atoms with Crippen LogP contribution in [0.15, 0.2) is 24.3 Å². The fourth-order valence-electron chi connectivity index (χ4n) is 1.23. The van der Waals surface area contributed by atoms with Gasteiger partial charge in [-0.05, 0) is 25.0 Å². The predicted molar refractivity (Wildman–Crippen MR) is 70.8 cm³/mol. The Hall–Kier alpha value is -1.55. The van der Waals surface area contributed by atoms with E-state index in [-0.39, 0.29) is 0 Å². The minimum Gasteiger partial charge on any atom is -0.398 e. The molecule has 1 aliphatic rings. The third-order valence-corrected chi connectivity index (χ3v) is 2.05. The number of ether oxygens (including phenoxy) is 1. The number of hydrogen-bond donors (Lipinski definition) is 2. The van der Waals surface area contributed by atoms with Crippen LogP contribution in [-0.2, 0) is 4.74 Å². The van der Waals surface area contributed by atoms with Gasteiger partial charge in [-0.1, -0.05) is 26.0 Å². The maximum absolute atomic E-state index is 10.6. The summed E-state index contributed by atoms with van der Waals surface area (Å²) in [5.74, 6) is -0.488. The average Bonchev–Trinajstić information content (AvgIpc) is 2.90. The minimum absolute atomic E-state index is 0.377. The molecule has 0 saturated carbocycles. The number of benzene rings is 1. The zero-order valence-electron chi connectivity index (χ0n) is 10.6. The number of rotatable bonds is 1. The first-order chi connectivity index (χ1) is 8.22. The fraction of sp³-hybridized carbons (Fsp3) is 0.462. The summed E-state index contributed by atoms with van der Waals surface area (Å²) in [6.45, 7) is 6.00. The summed E-state index contributed by atoms with van der Waals surface area (Å²) in [6.07, 6.45) is 2.56. The lowest BCUT2D eigenvalue weighted by Crippen LogP contribution is -2.12. The number of para-hydroxylation sites is 1. The van der Waals surface area contributed by atoms with Crippen LogP contribution in [0.2, 0.25) is 0 Å². The fourth-order valence-corrected chi connectivity index (χ4v) is 1.23. The Labute approximate surface area is 103 Å². The lowest BCUT2D eigenvalue weighted by atomic mass is 10.2. The second-order valence-corrected chi connectivity index (χ2v) is 3.27. The van der Waals surface area contributed by atoms with Gasteiger partial charge in [-0.3, -0.25) is 4.79 Å². The van der Waals surface area contributed by atoms with Crippen LogP contribution in [0.25, 0.3) is 0 Å². The van der Waals surface area contributed by atoms with Gasteiger partial charge in [0.05, 0.1) is 5.56 Å². The normalized spacial score (nSPS) is 12.8. The minimum atomic E-state index is -0.488. The third-order valence-electron chi connectivity index (χ3n) is 2.05. The van der Waals surface area contributed by atoms with Crippen LogP contribution in [0, 0.1) is 0 Å². The van der Waals surface area contributed by atoms with E-state index in [9.17, 15) is 4.79 Å². The van der Waals surface area contributed by atoms with Crippen molar-refractivity contribution >= 4 is 11.6 Å². The molecule has 17 heavy (non-hydrogen) atoms. The third kappa shape index (κ3) is 6.58. The molecular weight excluding hydrogens is 216 g/mol. The largest absolute Gasteiger partial charge is 0.398 e. The van der Waals surface area contributed by atoms with Gasteiger partial charge < -0.3 is 16.2 Å². The summed E-state index contributed by atoms with van der Waals surface area (Å²) >= 11 is 0. The van der Waals surface area contributed by atoms with E-state index >= 15 is 0 Å². The topological polar surface area (TPSA) is 78.3 Å². The smallest absolute Gasteiger partial charge is 0.250 e. The van der Waals surface area contributed by atoms with Gasteiger partial charge >= 0.3 is 0 Å². The second kappa shape index (κ2) is 9.66. The molecule has 1 saturated heterocycles. The molecular formula is C13H22N2O2. The Kier molecular flexibility index (Phi) is 8.78. The first kappa shape index (κ1) is 15.4. The summed E-state index contributed by atoms with van der Waals surface area (Å²) in [5.41, 5.74) is 11.2. The van der Waals surface area contributed by atoms with Crippen LogP contribution in [0.3, 0.4) is 0 Å². The van der Waals surface area contributed by atoms with Crippen molar-refractivity contribution in [3.05, 3.63) is 29.8 Å². The van der Waals surface area contributed by atoms with Gasteiger partial charge in [0.2, 0.25) is 0 Å². The van der Waals surface area contributed by atoms with Gasteiger partial charge in [-0.15, -0.1) is 0 Å². The lowest BCUT2D eigenvalue weighted by molar-refractivity contribution is 0.100. The Balaban J connectivity index is 0.000000306. The molecule has 0 unspecified atom stereocenters. The second-order valence-electron chi connectivity index (χ2n) is 3.27. The van der Waals surface area contributed by atoms with Gasteiger partial charge in [0.25, 0.3) is 5.91 Å². The van der Waals surface area contributed by atoms with Crippen molar-refractivity contribution in [2.75, 3.05) is 18.9 Å². The number of nitrogen functional groups attached to an aromatic ring is 1. The van der Waals surface area contributed by atoms with E-state index in [2.05, 4.69) is 0 Å². The zero-order valence-corrected chi connectivity index (χ0v) is 10.6.